The van der Waals surface area contributed by atoms with Crippen molar-refractivity contribution in [2.45, 2.75) is 24.6 Å². The summed E-state index contributed by atoms with van der Waals surface area (Å²) in [5, 5.41) is 4.44. The van der Waals surface area contributed by atoms with Gasteiger partial charge in [-0.3, -0.25) is 4.79 Å². The van der Waals surface area contributed by atoms with Crippen LogP contribution in [0.3, 0.4) is 0 Å². The van der Waals surface area contributed by atoms with Crippen LogP contribution in [0.5, 0.6) is 0 Å². The van der Waals surface area contributed by atoms with Crippen LogP contribution in [0.15, 0.2) is 44.3 Å². The maximum atomic E-state index is 12.6. The third kappa shape index (κ3) is 4.64. The third-order valence-electron chi connectivity index (χ3n) is 3.61. The van der Waals surface area contributed by atoms with Crippen molar-refractivity contribution in [3.8, 4) is 0 Å². The van der Waals surface area contributed by atoms with E-state index in [0.717, 1.165) is 21.6 Å². The highest BCUT2D eigenvalue weighted by molar-refractivity contribution is 7.92. The second-order valence-corrected chi connectivity index (χ2v) is 9.38. The quantitative estimate of drug-likeness (QED) is 0.589. The van der Waals surface area contributed by atoms with Gasteiger partial charge in [-0.1, -0.05) is 17.4 Å². The van der Waals surface area contributed by atoms with Crippen LogP contribution in [0.4, 0.5) is 5.69 Å². The van der Waals surface area contributed by atoms with Gasteiger partial charge in [-0.15, -0.1) is 15.7 Å². The van der Waals surface area contributed by atoms with E-state index in [1.54, 1.807) is 17.5 Å². The molecule has 1 N–H and O–H groups in total. The van der Waals surface area contributed by atoms with Crippen molar-refractivity contribution >= 4 is 54.5 Å². The highest BCUT2D eigenvalue weighted by Crippen LogP contribution is 2.23. The average molecular weight is 426 g/mol. The molecule has 144 valence electrons. The lowest BCUT2D eigenvalue weighted by atomic mass is 10.3. The minimum absolute atomic E-state index is 0.166. The predicted molar refractivity (Wildman–Crippen MR) is 108 cm³/mol. The van der Waals surface area contributed by atoms with Crippen molar-refractivity contribution in [1.29, 1.82) is 0 Å². The number of amides is 1. The van der Waals surface area contributed by atoms with Gasteiger partial charge in [0, 0.05) is 25.8 Å². The van der Waals surface area contributed by atoms with Crippen LogP contribution in [0.1, 0.15) is 13.8 Å². The minimum atomic E-state index is -3.78. The van der Waals surface area contributed by atoms with Crippen LogP contribution in [0, 0.1) is 0 Å². The molecular weight excluding hydrogens is 406 g/mol. The molecule has 0 saturated carbocycles. The van der Waals surface area contributed by atoms with E-state index in [2.05, 4.69) is 9.71 Å². The van der Waals surface area contributed by atoms with Gasteiger partial charge in [-0.25, -0.2) is 0 Å². The number of aromatic nitrogens is 1. The number of nitrogens with zero attached hydrogens (tertiary/aromatic N) is 2. The van der Waals surface area contributed by atoms with Crippen LogP contribution >= 0.6 is 22.7 Å². The summed E-state index contributed by atoms with van der Waals surface area (Å²) in [6.07, 6.45) is 0. The van der Waals surface area contributed by atoms with Crippen molar-refractivity contribution in [3.63, 3.8) is 0 Å². The normalized spacial score (nSPS) is 12.6. The molecule has 1 amide bonds. The maximum absolute atomic E-state index is 12.6. The fraction of sp³-hybridized carbons (Fsp3) is 0.294. The van der Waals surface area contributed by atoms with Crippen molar-refractivity contribution in [3.05, 3.63) is 40.5 Å². The molecule has 0 unspecified atom stereocenters. The molecule has 0 bridgehead atoms. The number of carbonyl (C=O) groups excluding carboxylic acids is 1. The summed E-state index contributed by atoms with van der Waals surface area (Å²) in [6.45, 7) is 4.85. The topological polar surface area (TPSA) is 89.8 Å². The number of hydrogen-bond acceptors (Lipinski definition) is 6. The lowest BCUT2D eigenvalue weighted by Crippen LogP contribution is -2.19. The predicted octanol–water partition coefficient (Wildman–Crippen LogP) is 3.05. The van der Waals surface area contributed by atoms with Gasteiger partial charge in [0.15, 0.2) is 0 Å². The van der Waals surface area contributed by atoms with Crippen molar-refractivity contribution < 1.29 is 17.9 Å². The van der Waals surface area contributed by atoms with Gasteiger partial charge in [0.25, 0.3) is 10.0 Å². The van der Waals surface area contributed by atoms with Crippen LogP contribution in [0.2, 0.25) is 0 Å². The first kappa shape index (κ1) is 19.7. The number of hydrogen-bond donors (Lipinski definition) is 1. The van der Waals surface area contributed by atoms with Gasteiger partial charge in [-0.2, -0.15) is 8.42 Å². The summed E-state index contributed by atoms with van der Waals surface area (Å²) < 4.78 is 37.5. The van der Waals surface area contributed by atoms with E-state index < -0.39 is 10.0 Å². The Morgan fingerprint density at radius 2 is 2.15 bits per heavy atom. The standard InChI is InChI=1S/C17H19N3O4S3/c1-3-24-9-8-20-14-7-6-13(18-12(2)21)11-15(14)26-17(20)19-27(22,23)16-5-4-10-25-16/h4-7,10-11H,3,8-9H2,1-2H3,(H,18,21)/b19-17-. The first-order valence-corrected chi connectivity index (χ1v) is 11.4. The fourth-order valence-electron chi connectivity index (χ4n) is 2.50. The molecule has 1 aromatic carbocycles. The van der Waals surface area contributed by atoms with E-state index in [1.807, 2.05) is 23.6 Å². The van der Waals surface area contributed by atoms with E-state index in [1.165, 1.54) is 24.3 Å². The average Bonchev–Trinajstić information content (AvgIpc) is 3.23. The molecule has 2 aromatic heterocycles. The second-order valence-electron chi connectivity index (χ2n) is 5.60. The Morgan fingerprint density at radius 3 is 2.81 bits per heavy atom. The Morgan fingerprint density at radius 1 is 1.33 bits per heavy atom. The molecule has 2 heterocycles. The van der Waals surface area contributed by atoms with E-state index in [9.17, 15) is 13.2 Å². The van der Waals surface area contributed by atoms with Gasteiger partial charge in [0.1, 0.15) is 4.21 Å². The molecule has 3 aromatic rings. The Bertz CT molecular complexity index is 1110. The van der Waals surface area contributed by atoms with Crippen molar-refractivity contribution in [2.75, 3.05) is 18.5 Å². The smallest absolute Gasteiger partial charge is 0.294 e. The highest BCUT2D eigenvalue weighted by atomic mass is 32.2. The Hall–Kier alpha value is -2.01. The summed E-state index contributed by atoms with van der Waals surface area (Å²) in [5.41, 5.74) is 1.50. The number of sulfonamides is 1. The zero-order valence-corrected chi connectivity index (χ0v) is 17.3. The number of thiazole rings is 1. The highest BCUT2D eigenvalue weighted by Gasteiger charge is 2.16. The van der Waals surface area contributed by atoms with Crippen LogP contribution in [-0.4, -0.2) is 32.1 Å². The number of thiophene rings is 1. The van der Waals surface area contributed by atoms with E-state index in [-0.39, 0.29) is 10.1 Å². The van der Waals surface area contributed by atoms with E-state index in [0.29, 0.717) is 30.2 Å². The first-order valence-electron chi connectivity index (χ1n) is 8.24. The molecule has 7 nitrogen and oxygen atoms in total. The third-order valence-corrected chi connectivity index (χ3v) is 7.41. The largest absolute Gasteiger partial charge is 0.380 e. The lowest BCUT2D eigenvalue weighted by molar-refractivity contribution is -0.114. The van der Waals surface area contributed by atoms with Crippen molar-refractivity contribution in [1.82, 2.24) is 4.57 Å². The van der Waals surface area contributed by atoms with Gasteiger partial charge >= 0.3 is 0 Å². The molecule has 0 atom stereocenters. The summed E-state index contributed by atoms with van der Waals surface area (Å²) in [7, 11) is -3.78. The molecule has 0 aliphatic heterocycles. The number of anilines is 1. The SMILES string of the molecule is CCOCCn1/c(=N/S(=O)(=O)c2cccs2)sc2cc(NC(C)=O)ccc21. The Labute approximate surface area is 165 Å². The number of nitrogens with one attached hydrogen (secondary N) is 1. The molecular formula is C17H19N3O4S3. The Balaban J connectivity index is 2.13. The first-order chi connectivity index (χ1) is 12.9. The molecule has 0 spiro atoms. The van der Waals surface area contributed by atoms with Crippen molar-refractivity contribution in [2.24, 2.45) is 4.40 Å². The minimum Gasteiger partial charge on any atom is -0.380 e. The molecule has 0 fully saturated rings. The van der Waals surface area contributed by atoms with Crippen LogP contribution in [-0.2, 0) is 26.1 Å². The number of carbonyl (C=O) groups is 1. The summed E-state index contributed by atoms with van der Waals surface area (Å²) in [6, 6.07) is 8.66. The monoisotopic (exact) mass is 425 g/mol. The molecule has 27 heavy (non-hydrogen) atoms. The number of fused-ring (bicyclic) bond motifs is 1. The second kappa shape index (κ2) is 8.34. The van der Waals surface area contributed by atoms with E-state index in [4.69, 9.17) is 4.74 Å². The molecule has 3 rings (SSSR count). The summed E-state index contributed by atoms with van der Waals surface area (Å²) >= 11 is 2.40. The molecule has 0 radical (unpaired) electrons. The zero-order valence-electron chi connectivity index (χ0n) is 14.8. The molecule has 0 aliphatic carbocycles. The number of rotatable bonds is 7. The van der Waals surface area contributed by atoms with Gasteiger partial charge in [0.2, 0.25) is 10.7 Å². The lowest BCUT2D eigenvalue weighted by Gasteiger charge is -2.06. The number of benzene rings is 1. The fourth-order valence-corrected chi connectivity index (χ4v) is 5.77. The Kier molecular flexibility index (Phi) is 6.10. The molecule has 0 saturated heterocycles. The van der Waals surface area contributed by atoms with Crippen LogP contribution < -0.4 is 10.1 Å². The van der Waals surface area contributed by atoms with Gasteiger partial charge in [-0.05, 0) is 36.6 Å². The van der Waals surface area contributed by atoms with E-state index >= 15 is 0 Å². The van der Waals surface area contributed by atoms with Gasteiger partial charge < -0.3 is 14.6 Å². The summed E-state index contributed by atoms with van der Waals surface area (Å²) in [5.74, 6) is -0.166. The zero-order chi connectivity index (χ0) is 19.4. The number of ether oxygens (including phenoxy) is 1. The molecule has 0 aliphatic rings. The van der Waals surface area contributed by atoms with Gasteiger partial charge in [0.05, 0.1) is 16.8 Å². The maximum Gasteiger partial charge on any atom is 0.294 e. The summed E-state index contributed by atoms with van der Waals surface area (Å²) in [4.78, 5) is 11.7. The van der Waals surface area contributed by atoms with Crippen LogP contribution in [0.25, 0.3) is 10.2 Å². The molecule has 10 heteroatoms.